The van der Waals surface area contributed by atoms with Gasteiger partial charge in [0.05, 0.1) is 0 Å². The Balaban J connectivity index is 4.45. The fourth-order valence-corrected chi connectivity index (χ4v) is 0.825. The summed E-state index contributed by atoms with van der Waals surface area (Å²) in [6.07, 6.45) is -3.48. The van der Waals surface area contributed by atoms with Crippen LogP contribution in [0, 0.1) is 0 Å². The fraction of sp³-hybridized carbons (Fsp3) is 0.625. The maximum Gasteiger partial charge on any atom is 0.406 e. The SMILES string of the molecule is C=CC(=O)N(CC(F)(F)F)C(C)C. The number of nitrogens with zero attached hydrogens (tertiary/aromatic N) is 1. The molecule has 0 saturated carbocycles. The largest absolute Gasteiger partial charge is 0.406 e. The van der Waals surface area contributed by atoms with Crippen molar-refractivity contribution in [1.82, 2.24) is 4.90 Å². The molecule has 76 valence electrons. The number of hydrogen-bond donors (Lipinski definition) is 0. The molecule has 13 heavy (non-hydrogen) atoms. The Morgan fingerprint density at radius 1 is 1.54 bits per heavy atom. The lowest BCUT2D eigenvalue weighted by molar-refractivity contribution is -0.161. The monoisotopic (exact) mass is 195 g/mol. The molecule has 0 aromatic heterocycles. The lowest BCUT2D eigenvalue weighted by atomic mass is 10.3. The Morgan fingerprint density at radius 3 is 2.23 bits per heavy atom. The van der Waals surface area contributed by atoms with E-state index in [-0.39, 0.29) is 0 Å². The lowest BCUT2D eigenvalue weighted by Gasteiger charge is -2.26. The highest BCUT2D eigenvalue weighted by Crippen LogP contribution is 2.18. The van der Waals surface area contributed by atoms with Crippen LogP contribution in [0.5, 0.6) is 0 Å². The number of rotatable bonds is 3. The molecule has 0 radical (unpaired) electrons. The van der Waals surface area contributed by atoms with E-state index in [4.69, 9.17) is 0 Å². The van der Waals surface area contributed by atoms with Crippen molar-refractivity contribution in [3.8, 4) is 0 Å². The van der Waals surface area contributed by atoms with Gasteiger partial charge in [0.1, 0.15) is 6.54 Å². The van der Waals surface area contributed by atoms with Gasteiger partial charge in [0.2, 0.25) is 5.91 Å². The zero-order valence-corrected chi connectivity index (χ0v) is 7.56. The minimum atomic E-state index is -4.36. The molecule has 2 nitrogen and oxygen atoms in total. The summed E-state index contributed by atoms with van der Waals surface area (Å²) in [6, 6.07) is -0.480. The van der Waals surface area contributed by atoms with Gasteiger partial charge in [-0.25, -0.2) is 0 Å². The van der Waals surface area contributed by atoms with E-state index in [9.17, 15) is 18.0 Å². The summed E-state index contributed by atoms with van der Waals surface area (Å²) in [5.41, 5.74) is 0. The fourth-order valence-electron chi connectivity index (χ4n) is 0.825. The molecular formula is C8H12F3NO. The third kappa shape index (κ3) is 4.55. The van der Waals surface area contributed by atoms with Crippen molar-refractivity contribution in [1.29, 1.82) is 0 Å². The van der Waals surface area contributed by atoms with Gasteiger partial charge in [0.25, 0.3) is 0 Å². The Hall–Kier alpha value is -1.00. The molecular weight excluding hydrogens is 183 g/mol. The highest BCUT2D eigenvalue weighted by atomic mass is 19.4. The highest BCUT2D eigenvalue weighted by molar-refractivity contribution is 5.87. The van der Waals surface area contributed by atoms with Crippen LogP contribution in [0.15, 0.2) is 12.7 Å². The van der Waals surface area contributed by atoms with Crippen LogP contribution in [0.1, 0.15) is 13.8 Å². The van der Waals surface area contributed by atoms with Gasteiger partial charge < -0.3 is 4.90 Å². The predicted octanol–water partition coefficient (Wildman–Crippen LogP) is 1.97. The van der Waals surface area contributed by atoms with E-state index in [0.29, 0.717) is 4.90 Å². The number of alkyl halides is 3. The molecule has 5 heteroatoms. The lowest BCUT2D eigenvalue weighted by Crippen LogP contribution is -2.42. The van der Waals surface area contributed by atoms with Crippen molar-refractivity contribution in [3.63, 3.8) is 0 Å². The standard InChI is InChI=1S/C8H12F3NO/c1-4-7(13)12(6(2)3)5-8(9,10)11/h4,6H,1,5H2,2-3H3. The Bertz CT molecular complexity index is 198. The molecule has 0 aliphatic heterocycles. The number of carbonyl (C=O) groups excluding carboxylic acids is 1. The van der Waals surface area contributed by atoms with Gasteiger partial charge in [-0.1, -0.05) is 6.58 Å². The Morgan fingerprint density at radius 2 is 2.00 bits per heavy atom. The first-order valence-electron chi connectivity index (χ1n) is 3.77. The molecule has 0 saturated heterocycles. The van der Waals surface area contributed by atoms with Crippen molar-refractivity contribution in [3.05, 3.63) is 12.7 Å². The van der Waals surface area contributed by atoms with Crippen LogP contribution in [0.4, 0.5) is 13.2 Å². The van der Waals surface area contributed by atoms with Crippen molar-refractivity contribution in [2.24, 2.45) is 0 Å². The Labute approximate surface area is 75.0 Å². The zero-order valence-electron chi connectivity index (χ0n) is 7.56. The number of carbonyl (C=O) groups is 1. The van der Waals surface area contributed by atoms with Crippen LogP contribution < -0.4 is 0 Å². The van der Waals surface area contributed by atoms with E-state index < -0.39 is 24.7 Å². The summed E-state index contributed by atoms with van der Waals surface area (Å²) in [6.45, 7) is 4.95. The van der Waals surface area contributed by atoms with Crippen molar-refractivity contribution < 1.29 is 18.0 Å². The topological polar surface area (TPSA) is 20.3 Å². The number of amides is 1. The molecule has 0 atom stereocenters. The van der Waals surface area contributed by atoms with E-state index in [1.165, 1.54) is 13.8 Å². The van der Waals surface area contributed by atoms with Crippen LogP contribution in [0.25, 0.3) is 0 Å². The molecule has 0 spiro atoms. The van der Waals surface area contributed by atoms with Crippen LogP contribution in [0.3, 0.4) is 0 Å². The molecule has 0 aromatic carbocycles. The van der Waals surface area contributed by atoms with Gasteiger partial charge >= 0.3 is 6.18 Å². The van der Waals surface area contributed by atoms with Crippen molar-refractivity contribution in [2.45, 2.75) is 26.1 Å². The summed E-state index contributed by atoms with van der Waals surface area (Å²) >= 11 is 0. The number of hydrogen-bond acceptors (Lipinski definition) is 1. The third-order valence-corrected chi connectivity index (χ3v) is 1.43. The van der Waals surface area contributed by atoms with E-state index in [2.05, 4.69) is 6.58 Å². The van der Waals surface area contributed by atoms with Crippen LogP contribution in [-0.2, 0) is 4.79 Å². The van der Waals surface area contributed by atoms with Gasteiger partial charge in [-0.3, -0.25) is 4.79 Å². The summed E-state index contributed by atoms with van der Waals surface area (Å²) in [4.78, 5) is 11.7. The van der Waals surface area contributed by atoms with E-state index in [1.54, 1.807) is 0 Å². The highest BCUT2D eigenvalue weighted by Gasteiger charge is 2.33. The van der Waals surface area contributed by atoms with E-state index in [0.717, 1.165) is 6.08 Å². The summed E-state index contributed by atoms with van der Waals surface area (Å²) in [7, 11) is 0. The second-order valence-corrected chi connectivity index (χ2v) is 2.88. The average Bonchev–Trinajstić information content (AvgIpc) is 1.96. The van der Waals surface area contributed by atoms with Crippen LogP contribution in [-0.4, -0.2) is 29.6 Å². The molecule has 0 heterocycles. The molecule has 0 N–H and O–H groups in total. The molecule has 0 rings (SSSR count). The van der Waals surface area contributed by atoms with Gasteiger partial charge in [0.15, 0.2) is 0 Å². The Kier molecular flexibility index (Phi) is 3.97. The molecule has 0 aliphatic rings. The maximum absolute atomic E-state index is 11.9. The minimum absolute atomic E-state index is 0.480. The summed E-state index contributed by atoms with van der Waals surface area (Å²) in [5.74, 6) is -0.702. The molecule has 1 amide bonds. The molecule has 0 aliphatic carbocycles. The van der Waals surface area contributed by atoms with Crippen molar-refractivity contribution in [2.75, 3.05) is 6.54 Å². The van der Waals surface area contributed by atoms with Crippen LogP contribution >= 0.6 is 0 Å². The normalized spacial score (nSPS) is 11.5. The smallest absolute Gasteiger partial charge is 0.328 e. The van der Waals surface area contributed by atoms with Gasteiger partial charge in [-0.15, -0.1) is 0 Å². The second-order valence-electron chi connectivity index (χ2n) is 2.88. The predicted molar refractivity (Wildman–Crippen MR) is 43.1 cm³/mol. The van der Waals surface area contributed by atoms with Gasteiger partial charge in [-0.05, 0) is 19.9 Å². The molecule has 0 aromatic rings. The third-order valence-electron chi connectivity index (χ3n) is 1.43. The van der Waals surface area contributed by atoms with E-state index in [1.807, 2.05) is 0 Å². The quantitative estimate of drug-likeness (QED) is 0.630. The first-order chi connectivity index (χ1) is 5.78. The van der Waals surface area contributed by atoms with E-state index >= 15 is 0 Å². The molecule has 0 bridgehead atoms. The summed E-state index contributed by atoms with van der Waals surface area (Å²) < 4.78 is 35.8. The second kappa shape index (κ2) is 4.30. The first kappa shape index (κ1) is 12.0. The maximum atomic E-state index is 11.9. The summed E-state index contributed by atoms with van der Waals surface area (Å²) in [5, 5.41) is 0. The molecule has 0 unspecified atom stereocenters. The van der Waals surface area contributed by atoms with Crippen LogP contribution in [0.2, 0.25) is 0 Å². The zero-order chi connectivity index (χ0) is 10.6. The van der Waals surface area contributed by atoms with Gasteiger partial charge in [-0.2, -0.15) is 13.2 Å². The average molecular weight is 195 g/mol. The minimum Gasteiger partial charge on any atom is -0.328 e. The van der Waals surface area contributed by atoms with Crippen molar-refractivity contribution >= 4 is 5.91 Å². The first-order valence-corrected chi connectivity index (χ1v) is 3.77. The number of halogens is 3. The molecule has 0 fully saturated rings. The van der Waals surface area contributed by atoms with Gasteiger partial charge in [0, 0.05) is 6.04 Å².